The van der Waals surface area contributed by atoms with Crippen molar-refractivity contribution >= 4 is 28.1 Å². The SMILES string of the molecule is CC[C@H]1CCN(C(=O)[C@@H](NC(=O)N[C@H](CN2CCNS2(=O)=O)C(C)(C)C)C(C)(C)C)[C@@H]1C(=O)OC. The molecule has 0 radical (unpaired) electrons. The number of rotatable bonds is 7. The molecule has 2 fully saturated rings. The summed E-state index contributed by atoms with van der Waals surface area (Å²) in [5.41, 5.74) is -1.09. The predicted octanol–water partition coefficient (Wildman–Crippen LogP) is 1.07. The highest BCUT2D eigenvalue weighted by atomic mass is 32.2. The number of urea groups is 1. The summed E-state index contributed by atoms with van der Waals surface area (Å²) in [6.45, 7) is 14.4. The monoisotopic (exact) mass is 517 g/mol. The van der Waals surface area contributed by atoms with Gasteiger partial charge in [-0.3, -0.25) is 4.79 Å². The molecule has 0 aromatic heterocycles. The minimum Gasteiger partial charge on any atom is -0.467 e. The van der Waals surface area contributed by atoms with Crippen molar-refractivity contribution in [2.24, 2.45) is 16.7 Å². The maximum Gasteiger partial charge on any atom is 0.328 e. The summed E-state index contributed by atoms with van der Waals surface area (Å²) < 4.78 is 33.2. The summed E-state index contributed by atoms with van der Waals surface area (Å²) in [4.78, 5) is 40.8. The van der Waals surface area contributed by atoms with Crippen molar-refractivity contribution in [3.05, 3.63) is 0 Å². The molecule has 35 heavy (non-hydrogen) atoms. The number of nitrogens with one attached hydrogen (secondary N) is 3. The minimum absolute atomic E-state index is 0.00198. The van der Waals surface area contributed by atoms with Crippen LogP contribution in [0.25, 0.3) is 0 Å². The van der Waals surface area contributed by atoms with E-state index in [2.05, 4.69) is 15.4 Å². The van der Waals surface area contributed by atoms with E-state index in [1.165, 1.54) is 16.3 Å². The first-order valence-corrected chi connectivity index (χ1v) is 13.7. The first-order chi connectivity index (χ1) is 16.0. The Bertz CT molecular complexity index is 895. The van der Waals surface area contributed by atoms with E-state index in [0.717, 1.165) is 6.42 Å². The molecule has 2 heterocycles. The smallest absolute Gasteiger partial charge is 0.328 e. The highest BCUT2D eigenvalue weighted by Gasteiger charge is 2.46. The molecule has 0 bridgehead atoms. The second kappa shape index (κ2) is 11.0. The van der Waals surface area contributed by atoms with Crippen molar-refractivity contribution in [3.63, 3.8) is 0 Å². The molecule has 202 valence electrons. The van der Waals surface area contributed by atoms with Crippen LogP contribution in [0, 0.1) is 16.7 Å². The highest BCUT2D eigenvalue weighted by Crippen LogP contribution is 2.31. The molecule has 2 aliphatic heterocycles. The summed E-state index contributed by atoms with van der Waals surface area (Å²) in [6.07, 6.45) is 1.43. The van der Waals surface area contributed by atoms with Crippen molar-refractivity contribution in [1.29, 1.82) is 0 Å². The van der Waals surface area contributed by atoms with Gasteiger partial charge in [-0.05, 0) is 23.2 Å². The number of nitrogens with zero attached hydrogens (tertiary/aromatic N) is 2. The van der Waals surface area contributed by atoms with Crippen LogP contribution < -0.4 is 15.4 Å². The maximum absolute atomic E-state index is 13.6. The molecule has 12 heteroatoms. The van der Waals surface area contributed by atoms with Crippen LogP contribution >= 0.6 is 0 Å². The van der Waals surface area contributed by atoms with Gasteiger partial charge in [0, 0.05) is 32.2 Å². The van der Waals surface area contributed by atoms with Crippen LogP contribution in [0.2, 0.25) is 0 Å². The number of methoxy groups -OCH3 is 1. The lowest BCUT2D eigenvalue weighted by Gasteiger charge is -2.37. The molecule has 2 rings (SSSR count). The second-order valence-electron chi connectivity index (χ2n) is 11.5. The number of likely N-dealkylation sites (tertiary alicyclic amines) is 1. The van der Waals surface area contributed by atoms with Crippen molar-refractivity contribution in [3.8, 4) is 0 Å². The molecule has 4 atom stereocenters. The predicted molar refractivity (Wildman–Crippen MR) is 133 cm³/mol. The van der Waals surface area contributed by atoms with E-state index < -0.39 is 51.2 Å². The van der Waals surface area contributed by atoms with Crippen molar-refractivity contribution in [1.82, 2.24) is 24.6 Å². The average molecular weight is 518 g/mol. The Balaban J connectivity index is 2.21. The van der Waals surface area contributed by atoms with Gasteiger partial charge >= 0.3 is 12.0 Å². The molecule has 0 saturated carbocycles. The van der Waals surface area contributed by atoms with E-state index in [1.807, 2.05) is 48.5 Å². The van der Waals surface area contributed by atoms with Crippen molar-refractivity contribution in [2.45, 2.75) is 79.4 Å². The molecule has 3 N–H and O–H groups in total. The van der Waals surface area contributed by atoms with Crippen LogP contribution in [0.15, 0.2) is 0 Å². The number of carbonyl (C=O) groups excluding carboxylic acids is 3. The lowest BCUT2D eigenvalue weighted by molar-refractivity contribution is -0.153. The van der Waals surface area contributed by atoms with E-state index in [4.69, 9.17) is 4.74 Å². The normalized spacial score (nSPS) is 24.6. The van der Waals surface area contributed by atoms with E-state index in [-0.39, 0.29) is 18.4 Å². The molecule has 3 amide bonds. The Kier molecular flexibility index (Phi) is 9.21. The van der Waals surface area contributed by atoms with Gasteiger partial charge in [0.1, 0.15) is 12.1 Å². The number of esters is 1. The summed E-state index contributed by atoms with van der Waals surface area (Å²) in [5, 5.41) is 5.70. The van der Waals surface area contributed by atoms with Gasteiger partial charge in [0.25, 0.3) is 10.2 Å². The summed E-state index contributed by atoms with van der Waals surface area (Å²) >= 11 is 0. The van der Waals surface area contributed by atoms with Gasteiger partial charge in [-0.1, -0.05) is 54.9 Å². The Labute approximate surface area is 209 Å². The standard InChI is InChI=1S/C23H43N5O6S/c1-9-15-10-12-28(17(15)20(30)34-8)19(29)18(23(5,6)7)26-21(31)25-16(22(2,3)4)14-27-13-11-24-35(27,32)33/h15-18,24H,9-14H2,1-8H3,(H2,25,26,31)/t15-,16+,17-,18+/m0/s1. The number of hydrogen-bond acceptors (Lipinski definition) is 6. The zero-order chi connectivity index (χ0) is 26.8. The first kappa shape index (κ1) is 29.3. The summed E-state index contributed by atoms with van der Waals surface area (Å²) in [7, 11) is -2.26. The quantitative estimate of drug-likeness (QED) is 0.432. The highest BCUT2D eigenvalue weighted by molar-refractivity contribution is 7.87. The third-order valence-corrected chi connectivity index (χ3v) is 8.46. The van der Waals surface area contributed by atoms with Gasteiger partial charge in [0.2, 0.25) is 5.91 Å². The molecular weight excluding hydrogens is 474 g/mol. The molecule has 2 aliphatic rings. The van der Waals surface area contributed by atoms with E-state index in [9.17, 15) is 22.8 Å². The van der Waals surface area contributed by atoms with Crippen molar-refractivity contribution in [2.75, 3.05) is 33.3 Å². The summed E-state index contributed by atoms with van der Waals surface area (Å²) in [5.74, 6) is -0.784. The van der Waals surface area contributed by atoms with Crippen LogP contribution in [-0.4, -0.2) is 86.9 Å². The second-order valence-corrected chi connectivity index (χ2v) is 13.3. The van der Waals surface area contributed by atoms with Crippen LogP contribution in [0.5, 0.6) is 0 Å². The van der Waals surface area contributed by atoms with E-state index in [1.54, 1.807) is 0 Å². The van der Waals surface area contributed by atoms with Gasteiger partial charge in [-0.25, -0.2) is 14.3 Å². The molecular formula is C23H43N5O6S. The molecule has 0 aromatic carbocycles. The third-order valence-electron chi connectivity index (χ3n) is 6.88. The molecule has 0 unspecified atom stereocenters. The van der Waals surface area contributed by atoms with Crippen LogP contribution in [0.4, 0.5) is 4.79 Å². The van der Waals surface area contributed by atoms with Crippen LogP contribution in [0.3, 0.4) is 0 Å². The summed E-state index contributed by atoms with van der Waals surface area (Å²) in [6, 6.07) is -2.65. The average Bonchev–Trinajstić information content (AvgIpc) is 3.31. The lowest BCUT2D eigenvalue weighted by Crippen LogP contribution is -2.61. The largest absolute Gasteiger partial charge is 0.467 e. The Morgan fingerprint density at radius 3 is 2.14 bits per heavy atom. The first-order valence-electron chi connectivity index (χ1n) is 12.2. The number of carbonyl (C=O) groups is 3. The maximum atomic E-state index is 13.6. The Morgan fingerprint density at radius 1 is 1.06 bits per heavy atom. The fourth-order valence-electron chi connectivity index (χ4n) is 4.56. The Hall–Kier alpha value is -1.92. The topological polar surface area (TPSA) is 137 Å². The number of amides is 3. The fraction of sp³-hybridized carbons (Fsp3) is 0.870. The van der Waals surface area contributed by atoms with E-state index in [0.29, 0.717) is 26.1 Å². The van der Waals surface area contributed by atoms with E-state index >= 15 is 0 Å². The van der Waals surface area contributed by atoms with Crippen molar-refractivity contribution < 1.29 is 27.5 Å². The molecule has 0 spiro atoms. The van der Waals surface area contributed by atoms with Gasteiger partial charge in [-0.2, -0.15) is 12.7 Å². The molecule has 0 aromatic rings. The molecule has 0 aliphatic carbocycles. The number of hydrogen-bond donors (Lipinski definition) is 3. The third kappa shape index (κ3) is 7.07. The minimum atomic E-state index is -3.57. The fourth-order valence-corrected chi connectivity index (χ4v) is 5.77. The zero-order valence-electron chi connectivity index (χ0n) is 22.3. The molecule has 11 nitrogen and oxygen atoms in total. The number of ether oxygens (including phenoxy) is 1. The van der Waals surface area contributed by atoms with Crippen LogP contribution in [0.1, 0.15) is 61.3 Å². The lowest BCUT2D eigenvalue weighted by atomic mass is 9.85. The van der Waals surface area contributed by atoms with Crippen LogP contribution in [-0.2, 0) is 24.5 Å². The van der Waals surface area contributed by atoms with Gasteiger partial charge in [0.15, 0.2) is 0 Å². The van der Waals surface area contributed by atoms with Gasteiger partial charge in [-0.15, -0.1) is 0 Å². The van der Waals surface area contributed by atoms with Gasteiger partial charge < -0.3 is 20.3 Å². The van der Waals surface area contributed by atoms with Gasteiger partial charge in [0.05, 0.1) is 7.11 Å². The zero-order valence-corrected chi connectivity index (χ0v) is 23.1. The Morgan fingerprint density at radius 2 is 1.69 bits per heavy atom. The molecule has 2 saturated heterocycles.